The van der Waals surface area contributed by atoms with Gasteiger partial charge in [-0.25, -0.2) is 9.59 Å². The van der Waals surface area contributed by atoms with E-state index in [2.05, 4.69) is 5.32 Å². The van der Waals surface area contributed by atoms with Crippen LogP contribution in [0.5, 0.6) is 5.75 Å². The summed E-state index contributed by atoms with van der Waals surface area (Å²) in [4.78, 5) is 37.4. The monoisotopic (exact) mass is 439 g/mol. The second-order valence-electron chi connectivity index (χ2n) is 5.91. The molecule has 1 aromatic carbocycles. The lowest BCUT2D eigenvalue weighted by Gasteiger charge is -2.15. The molecule has 0 aliphatic heterocycles. The zero-order valence-electron chi connectivity index (χ0n) is 16.5. The summed E-state index contributed by atoms with van der Waals surface area (Å²) < 4.78 is 15.7. The molecule has 0 radical (unpaired) electrons. The number of rotatable bonds is 8. The molecule has 156 valence electrons. The first-order chi connectivity index (χ1) is 13.8. The van der Waals surface area contributed by atoms with Gasteiger partial charge in [-0.2, -0.15) is 0 Å². The second kappa shape index (κ2) is 10.3. The fourth-order valence-corrected chi connectivity index (χ4v) is 3.73. The Morgan fingerprint density at radius 2 is 1.79 bits per heavy atom. The van der Waals surface area contributed by atoms with Crippen LogP contribution < -0.4 is 10.1 Å². The topological polar surface area (TPSA) is 90.9 Å². The maximum Gasteiger partial charge on any atom is 0.348 e. The maximum absolute atomic E-state index is 12.6. The molecule has 1 aromatic heterocycles. The van der Waals surface area contributed by atoms with Crippen molar-refractivity contribution in [3.63, 3.8) is 0 Å². The summed E-state index contributed by atoms with van der Waals surface area (Å²) in [5.41, 5.74) is 0.522. The highest BCUT2D eigenvalue weighted by Crippen LogP contribution is 2.34. The first-order valence-corrected chi connectivity index (χ1v) is 10.2. The largest absolute Gasteiger partial charge is 0.481 e. The van der Waals surface area contributed by atoms with Gasteiger partial charge >= 0.3 is 11.9 Å². The minimum absolute atomic E-state index is 0.128. The van der Waals surface area contributed by atoms with Gasteiger partial charge < -0.3 is 19.5 Å². The lowest BCUT2D eigenvalue weighted by molar-refractivity contribution is -0.122. The molecule has 29 heavy (non-hydrogen) atoms. The zero-order chi connectivity index (χ0) is 21.6. The lowest BCUT2D eigenvalue weighted by atomic mass is 10.1. The summed E-state index contributed by atoms with van der Waals surface area (Å²) in [6.45, 7) is 6.88. The van der Waals surface area contributed by atoms with Crippen molar-refractivity contribution in [1.29, 1.82) is 0 Å². The summed E-state index contributed by atoms with van der Waals surface area (Å²) in [6.07, 6.45) is -0.878. The molecule has 0 aliphatic carbocycles. The van der Waals surface area contributed by atoms with Gasteiger partial charge in [0.2, 0.25) is 0 Å². The van der Waals surface area contributed by atoms with Crippen LogP contribution in [0.15, 0.2) is 24.3 Å². The highest BCUT2D eigenvalue weighted by atomic mass is 35.5. The maximum atomic E-state index is 12.6. The van der Waals surface area contributed by atoms with Gasteiger partial charge in [0, 0.05) is 5.02 Å². The van der Waals surface area contributed by atoms with Crippen LogP contribution in [-0.2, 0) is 14.3 Å². The lowest BCUT2D eigenvalue weighted by Crippen LogP contribution is -2.30. The molecule has 1 heterocycles. The van der Waals surface area contributed by atoms with E-state index in [1.54, 1.807) is 52.0 Å². The van der Waals surface area contributed by atoms with Crippen molar-refractivity contribution in [3.05, 3.63) is 45.3 Å². The average Bonchev–Trinajstić information content (AvgIpc) is 2.98. The van der Waals surface area contributed by atoms with Crippen LogP contribution in [0.25, 0.3) is 0 Å². The standard InChI is InChI=1S/C20H22ClNO6S/c1-5-26-19(24)15-11(3)16(20(25)27-6-2)29-18(15)22-17(23)12(4)28-14-9-7-8-13(21)10-14/h7-10,12H,5-6H2,1-4H3,(H,22,23). The first kappa shape index (κ1) is 22.7. The highest BCUT2D eigenvalue weighted by Gasteiger charge is 2.28. The van der Waals surface area contributed by atoms with Gasteiger partial charge in [-0.15, -0.1) is 11.3 Å². The van der Waals surface area contributed by atoms with Crippen molar-refractivity contribution in [1.82, 2.24) is 0 Å². The zero-order valence-corrected chi connectivity index (χ0v) is 18.1. The Kier molecular flexibility index (Phi) is 8.04. The molecule has 1 atom stereocenters. The van der Waals surface area contributed by atoms with E-state index in [-0.39, 0.29) is 28.7 Å². The summed E-state index contributed by atoms with van der Waals surface area (Å²) in [6, 6.07) is 6.66. The van der Waals surface area contributed by atoms with Crippen molar-refractivity contribution in [2.45, 2.75) is 33.8 Å². The molecule has 0 spiro atoms. The van der Waals surface area contributed by atoms with Crippen molar-refractivity contribution in [3.8, 4) is 5.75 Å². The third-order valence-corrected chi connectivity index (χ3v) is 5.22. The fraction of sp³-hybridized carbons (Fsp3) is 0.350. The second-order valence-corrected chi connectivity index (χ2v) is 7.37. The quantitative estimate of drug-likeness (QED) is 0.610. The van der Waals surface area contributed by atoms with Gasteiger partial charge in [0.15, 0.2) is 6.10 Å². The Morgan fingerprint density at radius 3 is 2.41 bits per heavy atom. The van der Waals surface area contributed by atoms with Gasteiger partial charge in [0.05, 0.1) is 18.8 Å². The minimum atomic E-state index is -0.878. The molecule has 0 bridgehead atoms. The van der Waals surface area contributed by atoms with Crippen molar-refractivity contribution >= 4 is 45.8 Å². The smallest absolute Gasteiger partial charge is 0.348 e. The summed E-state index contributed by atoms with van der Waals surface area (Å²) in [5, 5.41) is 3.34. The van der Waals surface area contributed by atoms with E-state index < -0.39 is 23.9 Å². The predicted octanol–water partition coefficient (Wildman–Crippen LogP) is 4.47. The molecule has 0 saturated heterocycles. The number of benzene rings is 1. The average molecular weight is 440 g/mol. The van der Waals surface area contributed by atoms with Gasteiger partial charge in [-0.05, 0) is 51.5 Å². The Balaban J connectivity index is 2.27. The normalized spacial score (nSPS) is 11.5. The molecule has 2 rings (SSSR count). The summed E-state index contributed by atoms with van der Waals surface area (Å²) >= 11 is 6.88. The molecule has 0 saturated carbocycles. The minimum Gasteiger partial charge on any atom is -0.481 e. The number of hydrogen-bond acceptors (Lipinski definition) is 7. The van der Waals surface area contributed by atoms with Crippen molar-refractivity contribution < 1.29 is 28.6 Å². The molecule has 0 aliphatic rings. The molecule has 2 aromatic rings. The number of anilines is 1. The van der Waals surface area contributed by atoms with E-state index in [1.807, 2.05) is 0 Å². The SMILES string of the molecule is CCOC(=O)c1sc(NC(=O)C(C)Oc2cccc(Cl)c2)c(C(=O)OCC)c1C. The third-order valence-electron chi connectivity index (χ3n) is 3.80. The Bertz CT molecular complexity index is 910. The van der Waals surface area contributed by atoms with E-state index in [4.69, 9.17) is 25.8 Å². The van der Waals surface area contributed by atoms with Crippen molar-refractivity contribution in [2.75, 3.05) is 18.5 Å². The number of ether oxygens (including phenoxy) is 3. The van der Waals surface area contributed by atoms with Crippen LogP contribution in [0, 0.1) is 6.92 Å². The van der Waals surface area contributed by atoms with Crippen LogP contribution in [0.1, 0.15) is 46.4 Å². The number of nitrogens with one attached hydrogen (secondary N) is 1. The van der Waals surface area contributed by atoms with E-state index in [1.165, 1.54) is 0 Å². The van der Waals surface area contributed by atoms with Crippen LogP contribution in [0.4, 0.5) is 5.00 Å². The van der Waals surface area contributed by atoms with E-state index in [0.717, 1.165) is 11.3 Å². The molecular weight excluding hydrogens is 418 g/mol. The Labute approximate surface area is 177 Å². The van der Waals surface area contributed by atoms with Crippen LogP contribution >= 0.6 is 22.9 Å². The highest BCUT2D eigenvalue weighted by molar-refractivity contribution is 7.18. The molecule has 1 N–H and O–H groups in total. The summed E-state index contributed by atoms with van der Waals surface area (Å²) in [7, 11) is 0. The van der Waals surface area contributed by atoms with E-state index >= 15 is 0 Å². The molecule has 0 fully saturated rings. The van der Waals surface area contributed by atoms with Gasteiger partial charge in [0.1, 0.15) is 15.6 Å². The molecule has 1 amide bonds. The molecular formula is C20H22ClNO6S. The predicted molar refractivity (Wildman–Crippen MR) is 111 cm³/mol. The first-order valence-electron chi connectivity index (χ1n) is 8.99. The molecule has 1 unspecified atom stereocenters. The summed E-state index contributed by atoms with van der Waals surface area (Å²) in [5.74, 6) is -1.26. The number of carbonyl (C=O) groups is 3. The fourth-order valence-electron chi connectivity index (χ4n) is 2.45. The van der Waals surface area contributed by atoms with Crippen molar-refractivity contribution in [2.24, 2.45) is 0 Å². The van der Waals surface area contributed by atoms with Gasteiger partial charge in [-0.3, -0.25) is 4.79 Å². The Morgan fingerprint density at radius 1 is 1.14 bits per heavy atom. The number of halogens is 1. The number of thiophene rings is 1. The van der Waals surface area contributed by atoms with Crippen LogP contribution in [-0.4, -0.2) is 37.2 Å². The number of esters is 2. The van der Waals surface area contributed by atoms with E-state index in [9.17, 15) is 14.4 Å². The van der Waals surface area contributed by atoms with Gasteiger partial charge in [0.25, 0.3) is 5.91 Å². The number of amides is 1. The van der Waals surface area contributed by atoms with Gasteiger partial charge in [-0.1, -0.05) is 17.7 Å². The Hall–Kier alpha value is -2.58. The third kappa shape index (κ3) is 5.71. The van der Waals surface area contributed by atoms with Crippen LogP contribution in [0.3, 0.4) is 0 Å². The number of hydrogen-bond donors (Lipinski definition) is 1. The van der Waals surface area contributed by atoms with E-state index in [0.29, 0.717) is 16.3 Å². The molecule has 7 nitrogen and oxygen atoms in total. The van der Waals surface area contributed by atoms with Crippen LogP contribution in [0.2, 0.25) is 5.02 Å². The molecule has 9 heteroatoms. The number of carbonyl (C=O) groups excluding carboxylic acids is 3.